The maximum Gasteiger partial charge on any atom is 0.325 e. The van der Waals surface area contributed by atoms with Crippen molar-refractivity contribution in [2.24, 2.45) is 0 Å². The Bertz CT molecular complexity index is 276. The third-order valence-electron chi connectivity index (χ3n) is 1.98. The predicted octanol–water partition coefficient (Wildman–Crippen LogP) is 0.128. The number of H-pyrrole nitrogens is 1. The fraction of sp³-hybridized carbons (Fsp3) is 0.625. The highest BCUT2D eigenvalue weighted by Gasteiger charge is 1.97. The van der Waals surface area contributed by atoms with Crippen LogP contribution in [0.4, 0.5) is 0 Å². The molecule has 1 aromatic rings. The van der Waals surface area contributed by atoms with Crippen LogP contribution in [0.15, 0.2) is 17.2 Å². The van der Waals surface area contributed by atoms with Gasteiger partial charge in [-0.1, -0.05) is 6.92 Å². The molecule has 0 saturated carbocycles. The second-order valence-electron chi connectivity index (χ2n) is 2.85. The summed E-state index contributed by atoms with van der Waals surface area (Å²) >= 11 is 0. The average Bonchev–Trinajstić information content (AvgIpc) is 2.47. The topological polar surface area (TPSA) is 41.0 Å². The number of rotatable bonds is 4. The second-order valence-corrected chi connectivity index (χ2v) is 2.85. The summed E-state index contributed by atoms with van der Waals surface area (Å²) in [7, 11) is 2.04. The van der Waals surface area contributed by atoms with Crippen molar-refractivity contribution in [3.8, 4) is 0 Å². The summed E-state index contributed by atoms with van der Waals surface area (Å²) in [6.07, 6.45) is 3.43. The molecule has 0 radical (unpaired) electrons. The standard InChI is InChI=1S/C8H15N3O/c1-3-10(2)6-7-11-5-4-9-8(11)12/h4-5H,3,6-7H2,1-2H3,(H,9,12). The molecule has 12 heavy (non-hydrogen) atoms. The van der Waals surface area contributed by atoms with Gasteiger partial charge < -0.3 is 9.88 Å². The van der Waals surface area contributed by atoms with Crippen LogP contribution in [0.3, 0.4) is 0 Å². The van der Waals surface area contributed by atoms with Crippen molar-refractivity contribution in [1.29, 1.82) is 0 Å². The summed E-state index contributed by atoms with van der Waals surface area (Å²) in [5, 5.41) is 0. The zero-order valence-corrected chi connectivity index (χ0v) is 7.58. The number of likely N-dealkylation sites (N-methyl/N-ethyl adjacent to an activating group) is 1. The van der Waals surface area contributed by atoms with Gasteiger partial charge in [0.05, 0.1) is 0 Å². The van der Waals surface area contributed by atoms with Crippen molar-refractivity contribution in [3.63, 3.8) is 0 Å². The molecule has 0 aromatic carbocycles. The highest BCUT2D eigenvalue weighted by molar-refractivity contribution is 4.75. The Kier molecular flexibility index (Phi) is 3.10. The average molecular weight is 169 g/mol. The lowest BCUT2D eigenvalue weighted by atomic mass is 10.5. The molecule has 0 bridgehead atoms. The Morgan fingerprint density at radius 2 is 2.42 bits per heavy atom. The first-order valence-electron chi connectivity index (χ1n) is 4.16. The van der Waals surface area contributed by atoms with Gasteiger partial charge in [0.1, 0.15) is 0 Å². The van der Waals surface area contributed by atoms with E-state index in [1.807, 2.05) is 7.05 Å². The van der Waals surface area contributed by atoms with E-state index in [4.69, 9.17) is 0 Å². The lowest BCUT2D eigenvalue weighted by Gasteiger charge is -2.12. The van der Waals surface area contributed by atoms with Gasteiger partial charge in [-0.15, -0.1) is 0 Å². The molecule has 0 saturated heterocycles. The van der Waals surface area contributed by atoms with Crippen LogP contribution in [0.2, 0.25) is 0 Å². The number of nitrogens with zero attached hydrogens (tertiary/aromatic N) is 2. The number of hydrogen-bond acceptors (Lipinski definition) is 2. The maximum atomic E-state index is 11.0. The molecule has 0 aliphatic rings. The number of aromatic nitrogens is 2. The molecule has 1 aromatic heterocycles. The molecule has 0 fully saturated rings. The minimum atomic E-state index is -0.0282. The van der Waals surface area contributed by atoms with Crippen LogP contribution < -0.4 is 5.69 Å². The summed E-state index contributed by atoms with van der Waals surface area (Å²) in [5.74, 6) is 0. The van der Waals surface area contributed by atoms with Crippen molar-refractivity contribution in [2.75, 3.05) is 20.1 Å². The highest BCUT2D eigenvalue weighted by Crippen LogP contribution is 1.84. The van der Waals surface area contributed by atoms with E-state index in [0.29, 0.717) is 0 Å². The van der Waals surface area contributed by atoms with Gasteiger partial charge in [-0.05, 0) is 13.6 Å². The van der Waals surface area contributed by atoms with Crippen LogP contribution in [-0.2, 0) is 6.54 Å². The molecule has 68 valence electrons. The predicted molar refractivity (Wildman–Crippen MR) is 48.2 cm³/mol. The first kappa shape index (κ1) is 9.06. The smallest absolute Gasteiger partial charge is 0.313 e. The van der Waals surface area contributed by atoms with Crippen molar-refractivity contribution in [2.45, 2.75) is 13.5 Å². The van der Waals surface area contributed by atoms with Gasteiger partial charge in [-0.2, -0.15) is 0 Å². The summed E-state index contributed by atoms with van der Waals surface area (Å²) in [5.41, 5.74) is -0.0282. The van der Waals surface area contributed by atoms with Crippen LogP contribution in [-0.4, -0.2) is 34.6 Å². The van der Waals surface area contributed by atoms with Gasteiger partial charge in [0.25, 0.3) is 0 Å². The third kappa shape index (κ3) is 2.23. The largest absolute Gasteiger partial charge is 0.325 e. The lowest BCUT2D eigenvalue weighted by molar-refractivity contribution is 0.333. The zero-order valence-electron chi connectivity index (χ0n) is 7.58. The third-order valence-corrected chi connectivity index (χ3v) is 1.98. The van der Waals surface area contributed by atoms with Gasteiger partial charge in [0, 0.05) is 25.5 Å². The van der Waals surface area contributed by atoms with E-state index >= 15 is 0 Å². The number of aromatic amines is 1. The van der Waals surface area contributed by atoms with Crippen LogP contribution in [0.1, 0.15) is 6.92 Å². The van der Waals surface area contributed by atoms with E-state index in [0.717, 1.165) is 19.6 Å². The molecule has 1 N–H and O–H groups in total. The van der Waals surface area contributed by atoms with Crippen molar-refractivity contribution >= 4 is 0 Å². The lowest BCUT2D eigenvalue weighted by Crippen LogP contribution is -2.26. The zero-order chi connectivity index (χ0) is 8.97. The number of imidazole rings is 1. The Labute approximate surface area is 71.8 Å². The molecule has 0 atom stereocenters. The summed E-state index contributed by atoms with van der Waals surface area (Å²) in [6.45, 7) is 4.78. The Morgan fingerprint density at radius 1 is 1.67 bits per heavy atom. The van der Waals surface area contributed by atoms with Crippen LogP contribution in [0.5, 0.6) is 0 Å². The van der Waals surface area contributed by atoms with Gasteiger partial charge in [0.15, 0.2) is 0 Å². The molecule has 0 unspecified atom stereocenters. The minimum Gasteiger partial charge on any atom is -0.313 e. The SMILES string of the molecule is CCN(C)CCn1cc[nH]c1=O. The van der Waals surface area contributed by atoms with Gasteiger partial charge >= 0.3 is 5.69 Å². The van der Waals surface area contributed by atoms with Gasteiger partial charge in [0.2, 0.25) is 0 Å². The monoisotopic (exact) mass is 169 g/mol. The molecule has 1 rings (SSSR count). The van der Waals surface area contributed by atoms with Crippen LogP contribution in [0, 0.1) is 0 Å². The second kappa shape index (κ2) is 4.11. The van der Waals surface area contributed by atoms with E-state index in [1.54, 1.807) is 17.0 Å². The summed E-state index contributed by atoms with van der Waals surface area (Å²) in [6, 6.07) is 0. The minimum absolute atomic E-state index is 0.0282. The number of hydrogen-bond donors (Lipinski definition) is 1. The fourth-order valence-corrected chi connectivity index (χ4v) is 0.962. The van der Waals surface area contributed by atoms with Gasteiger partial charge in [-0.25, -0.2) is 4.79 Å². The maximum absolute atomic E-state index is 11.0. The fourth-order valence-electron chi connectivity index (χ4n) is 0.962. The molecular weight excluding hydrogens is 154 g/mol. The molecule has 0 amide bonds. The Balaban J connectivity index is 2.43. The molecule has 0 aliphatic carbocycles. The molecule has 1 heterocycles. The molecule has 4 nitrogen and oxygen atoms in total. The van der Waals surface area contributed by atoms with Crippen LogP contribution >= 0.6 is 0 Å². The highest BCUT2D eigenvalue weighted by atomic mass is 16.1. The normalized spacial score (nSPS) is 10.9. The summed E-state index contributed by atoms with van der Waals surface area (Å²) < 4.78 is 1.67. The van der Waals surface area contributed by atoms with E-state index in [-0.39, 0.29) is 5.69 Å². The van der Waals surface area contributed by atoms with E-state index in [2.05, 4.69) is 16.8 Å². The van der Waals surface area contributed by atoms with E-state index in [1.165, 1.54) is 0 Å². The molecule has 0 aliphatic heterocycles. The first-order valence-corrected chi connectivity index (χ1v) is 4.16. The number of nitrogens with one attached hydrogen (secondary N) is 1. The quantitative estimate of drug-likeness (QED) is 0.696. The Morgan fingerprint density at radius 3 is 2.92 bits per heavy atom. The van der Waals surface area contributed by atoms with E-state index < -0.39 is 0 Å². The molecule has 0 spiro atoms. The van der Waals surface area contributed by atoms with E-state index in [9.17, 15) is 4.79 Å². The van der Waals surface area contributed by atoms with Gasteiger partial charge in [-0.3, -0.25) is 4.57 Å². The van der Waals surface area contributed by atoms with Crippen molar-refractivity contribution in [1.82, 2.24) is 14.5 Å². The first-order chi connectivity index (χ1) is 5.74. The van der Waals surface area contributed by atoms with Crippen molar-refractivity contribution in [3.05, 3.63) is 22.9 Å². The van der Waals surface area contributed by atoms with Crippen molar-refractivity contribution < 1.29 is 0 Å². The summed E-state index contributed by atoms with van der Waals surface area (Å²) in [4.78, 5) is 15.8. The van der Waals surface area contributed by atoms with Crippen LogP contribution in [0.25, 0.3) is 0 Å². The Hall–Kier alpha value is -1.03. The molecule has 4 heteroatoms. The molecular formula is C8H15N3O.